The Balaban J connectivity index is 3.20. The summed E-state index contributed by atoms with van der Waals surface area (Å²) in [7, 11) is 2.99. The second-order valence-corrected chi connectivity index (χ2v) is 3.84. The van der Waals surface area contributed by atoms with E-state index in [9.17, 15) is 9.18 Å². The molecule has 5 heteroatoms. The van der Waals surface area contributed by atoms with Gasteiger partial charge in [-0.3, -0.25) is 4.79 Å². The maximum atomic E-state index is 13.4. The Morgan fingerprint density at radius 2 is 2.27 bits per heavy atom. The standard InChI is InChI=1S/C10H11BrFNO2/c1-13-5-9(14)7-3-6(11)4-8(12)10(7)15-2/h3-4,13H,5H2,1-2H3. The van der Waals surface area contributed by atoms with E-state index < -0.39 is 5.82 Å². The normalized spacial score (nSPS) is 10.1. The second-order valence-electron chi connectivity index (χ2n) is 2.92. The van der Waals surface area contributed by atoms with Gasteiger partial charge in [-0.15, -0.1) is 0 Å². The molecule has 0 aliphatic rings. The molecule has 1 aromatic carbocycles. The van der Waals surface area contributed by atoms with Crippen LogP contribution in [0.25, 0.3) is 0 Å². The number of rotatable bonds is 4. The Hall–Kier alpha value is -0.940. The van der Waals surface area contributed by atoms with Gasteiger partial charge in [-0.2, -0.15) is 0 Å². The van der Waals surface area contributed by atoms with Crippen LogP contribution in [-0.4, -0.2) is 26.5 Å². The molecule has 1 rings (SSSR count). The number of carbonyl (C=O) groups is 1. The van der Waals surface area contributed by atoms with Gasteiger partial charge in [0.1, 0.15) is 0 Å². The van der Waals surface area contributed by atoms with Gasteiger partial charge in [-0.05, 0) is 19.2 Å². The first-order chi connectivity index (χ1) is 7.10. The summed E-state index contributed by atoms with van der Waals surface area (Å²) in [5.74, 6) is -0.778. The number of Topliss-reactive ketones (excluding diaryl/α,β-unsaturated/α-hetero) is 1. The number of carbonyl (C=O) groups excluding carboxylic acids is 1. The minimum Gasteiger partial charge on any atom is -0.493 e. The minimum absolute atomic E-state index is 0.0153. The predicted molar refractivity (Wildman–Crippen MR) is 58.9 cm³/mol. The number of likely N-dealkylation sites (N-methyl/N-ethyl adjacent to an activating group) is 1. The highest BCUT2D eigenvalue weighted by Gasteiger charge is 2.16. The van der Waals surface area contributed by atoms with Crippen LogP contribution in [0.3, 0.4) is 0 Å². The number of hydrogen-bond donors (Lipinski definition) is 1. The molecule has 15 heavy (non-hydrogen) atoms. The Morgan fingerprint density at radius 1 is 1.60 bits per heavy atom. The van der Waals surface area contributed by atoms with E-state index in [0.717, 1.165) is 0 Å². The van der Waals surface area contributed by atoms with E-state index in [1.54, 1.807) is 13.1 Å². The van der Waals surface area contributed by atoms with Crippen LogP contribution in [0.15, 0.2) is 16.6 Å². The zero-order chi connectivity index (χ0) is 11.4. The summed E-state index contributed by atoms with van der Waals surface area (Å²) >= 11 is 3.13. The molecule has 0 saturated heterocycles. The van der Waals surface area contributed by atoms with Crippen molar-refractivity contribution in [1.82, 2.24) is 5.32 Å². The van der Waals surface area contributed by atoms with Crippen molar-refractivity contribution in [2.45, 2.75) is 0 Å². The third kappa shape index (κ3) is 2.76. The molecule has 82 valence electrons. The highest BCUT2D eigenvalue weighted by atomic mass is 79.9. The number of benzene rings is 1. The van der Waals surface area contributed by atoms with Crippen molar-refractivity contribution in [2.24, 2.45) is 0 Å². The first kappa shape index (κ1) is 12.1. The highest BCUT2D eigenvalue weighted by Crippen LogP contribution is 2.27. The van der Waals surface area contributed by atoms with Crippen molar-refractivity contribution in [2.75, 3.05) is 20.7 Å². The van der Waals surface area contributed by atoms with Crippen LogP contribution in [-0.2, 0) is 0 Å². The Bertz CT molecular complexity index is 382. The van der Waals surface area contributed by atoms with E-state index >= 15 is 0 Å². The zero-order valence-electron chi connectivity index (χ0n) is 8.43. The second kappa shape index (κ2) is 5.23. The molecule has 0 aliphatic carbocycles. The van der Waals surface area contributed by atoms with Gasteiger partial charge in [0.25, 0.3) is 0 Å². The molecule has 0 amide bonds. The lowest BCUT2D eigenvalue weighted by atomic mass is 10.1. The number of ketones is 1. The lowest BCUT2D eigenvalue weighted by Crippen LogP contribution is -2.19. The van der Waals surface area contributed by atoms with Crippen molar-refractivity contribution in [3.05, 3.63) is 28.0 Å². The molecular weight excluding hydrogens is 265 g/mol. The summed E-state index contributed by atoms with van der Waals surface area (Å²) in [6.45, 7) is 0.145. The van der Waals surface area contributed by atoms with Crippen LogP contribution >= 0.6 is 15.9 Å². The van der Waals surface area contributed by atoms with E-state index in [-0.39, 0.29) is 23.6 Å². The molecule has 0 aliphatic heterocycles. The van der Waals surface area contributed by atoms with Crippen molar-refractivity contribution in [3.8, 4) is 5.75 Å². The largest absolute Gasteiger partial charge is 0.493 e. The molecule has 0 aromatic heterocycles. The molecule has 0 bridgehead atoms. The molecule has 3 nitrogen and oxygen atoms in total. The topological polar surface area (TPSA) is 38.3 Å². The SMILES string of the molecule is CNCC(=O)c1cc(Br)cc(F)c1OC. The first-order valence-electron chi connectivity index (χ1n) is 4.31. The molecule has 0 unspecified atom stereocenters. The van der Waals surface area contributed by atoms with E-state index in [1.165, 1.54) is 13.2 Å². The number of hydrogen-bond acceptors (Lipinski definition) is 3. The number of ether oxygens (including phenoxy) is 1. The van der Waals surface area contributed by atoms with Crippen LogP contribution in [0, 0.1) is 5.82 Å². The highest BCUT2D eigenvalue weighted by molar-refractivity contribution is 9.10. The minimum atomic E-state index is -0.550. The van der Waals surface area contributed by atoms with Crippen molar-refractivity contribution in [3.63, 3.8) is 0 Å². The number of methoxy groups -OCH3 is 1. The fraction of sp³-hybridized carbons (Fsp3) is 0.300. The summed E-state index contributed by atoms with van der Waals surface area (Å²) < 4.78 is 18.8. The van der Waals surface area contributed by atoms with Crippen LogP contribution in [0.2, 0.25) is 0 Å². The lowest BCUT2D eigenvalue weighted by Gasteiger charge is -2.09. The predicted octanol–water partition coefficient (Wildman–Crippen LogP) is 2.00. The number of halogens is 2. The van der Waals surface area contributed by atoms with E-state index in [0.29, 0.717) is 4.47 Å². The van der Waals surface area contributed by atoms with Crippen molar-refractivity contribution < 1.29 is 13.9 Å². The molecule has 0 heterocycles. The molecule has 0 atom stereocenters. The van der Waals surface area contributed by atoms with Gasteiger partial charge in [0.15, 0.2) is 17.3 Å². The van der Waals surface area contributed by atoms with Gasteiger partial charge < -0.3 is 10.1 Å². The van der Waals surface area contributed by atoms with Gasteiger partial charge in [0.05, 0.1) is 19.2 Å². The summed E-state index contributed by atoms with van der Waals surface area (Å²) in [6.07, 6.45) is 0. The van der Waals surface area contributed by atoms with Gasteiger partial charge in [0.2, 0.25) is 0 Å². The molecule has 1 N–H and O–H groups in total. The average Bonchev–Trinajstić information content (AvgIpc) is 2.17. The Morgan fingerprint density at radius 3 is 2.80 bits per heavy atom. The van der Waals surface area contributed by atoms with Crippen molar-refractivity contribution in [1.29, 1.82) is 0 Å². The van der Waals surface area contributed by atoms with Crippen LogP contribution in [0.5, 0.6) is 5.75 Å². The van der Waals surface area contributed by atoms with Gasteiger partial charge in [-0.1, -0.05) is 15.9 Å². The molecule has 0 fully saturated rings. The third-order valence-corrected chi connectivity index (χ3v) is 2.31. The molecule has 0 saturated carbocycles. The first-order valence-corrected chi connectivity index (χ1v) is 5.10. The maximum Gasteiger partial charge on any atom is 0.180 e. The Kier molecular flexibility index (Phi) is 4.23. The fourth-order valence-corrected chi connectivity index (χ4v) is 1.66. The Labute approximate surface area is 95.7 Å². The lowest BCUT2D eigenvalue weighted by molar-refractivity contribution is 0.0989. The monoisotopic (exact) mass is 275 g/mol. The van der Waals surface area contributed by atoms with E-state index in [4.69, 9.17) is 4.74 Å². The van der Waals surface area contributed by atoms with E-state index in [2.05, 4.69) is 21.2 Å². The van der Waals surface area contributed by atoms with Gasteiger partial charge >= 0.3 is 0 Å². The molecular formula is C10H11BrFNO2. The van der Waals surface area contributed by atoms with Crippen LogP contribution < -0.4 is 10.1 Å². The third-order valence-electron chi connectivity index (χ3n) is 1.85. The summed E-state index contributed by atoms with van der Waals surface area (Å²) in [6, 6.07) is 2.80. The van der Waals surface area contributed by atoms with Crippen LogP contribution in [0.4, 0.5) is 4.39 Å². The van der Waals surface area contributed by atoms with Crippen LogP contribution in [0.1, 0.15) is 10.4 Å². The molecule has 1 aromatic rings. The smallest absolute Gasteiger partial charge is 0.180 e. The average molecular weight is 276 g/mol. The van der Waals surface area contributed by atoms with Crippen molar-refractivity contribution >= 4 is 21.7 Å². The summed E-state index contributed by atoms with van der Waals surface area (Å²) in [4.78, 5) is 11.6. The molecule has 0 spiro atoms. The summed E-state index contributed by atoms with van der Waals surface area (Å²) in [5, 5.41) is 2.71. The maximum absolute atomic E-state index is 13.4. The van der Waals surface area contributed by atoms with E-state index in [1.807, 2.05) is 0 Å². The quantitative estimate of drug-likeness (QED) is 0.855. The fourth-order valence-electron chi connectivity index (χ4n) is 1.23. The van der Waals surface area contributed by atoms with Gasteiger partial charge in [-0.25, -0.2) is 4.39 Å². The zero-order valence-corrected chi connectivity index (χ0v) is 10.0. The summed E-state index contributed by atoms with van der Waals surface area (Å²) in [5.41, 5.74) is 0.235. The molecule has 0 radical (unpaired) electrons. The number of nitrogens with one attached hydrogen (secondary N) is 1. The van der Waals surface area contributed by atoms with Gasteiger partial charge in [0, 0.05) is 4.47 Å².